The lowest BCUT2D eigenvalue weighted by molar-refractivity contribution is -0.137. The number of nitrogens with one attached hydrogen (secondary N) is 2. The molecule has 0 saturated carbocycles. The second kappa shape index (κ2) is 6.97. The van der Waals surface area contributed by atoms with Crippen molar-refractivity contribution in [1.82, 2.24) is 5.32 Å². The predicted octanol–water partition coefficient (Wildman–Crippen LogP) is 4.49. The van der Waals surface area contributed by atoms with Crippen molar-refractivity contribution in [3.05, 3.63) is 64.7 Å². The largest absolute Gasteiger partial charge is 0.416 e. The molecule has 0 aliphatic carbocycles. The molecule has 2 N–H and O–H groups in total. The quantitative estimate of drug-likeness (QED) is 0.777. The molecule has 0 aliphatic rings. The smallest absolute Gasteiger partial charge is 0.332 e. The Morgan fingerprint density at radius 1 is 1.09 bits per heavy atom. The molecule has 0 saturated heterocycles. The predicted molar refractivity (Wildman–Crippen MR) is 86.6 cm³/mol. The van der Waals surface area contributed by atoms with Crippen molar-refractivity contribution in [3.63, 3.8) is 0 Å². The summed E-state index contributed by atoms with van der Waals surface area (Å²) in [5, 5.41) is 5.42. The van der Waals surface area contributed by atoms with Crippen LogP contribution in [0.5, 0.6) is 0 Å². The van der Waals surface area contributed by atoms with E-state index in [-0.39, 0.29) is 5.11 Å². The SMILES string of the molecule is O=C(NC(=S)Nc1ccc(C(F)(F)F)cc1)c1cccc(Cl)c1. The fourth-order valence-electron chi connectivity index (χ4n) is 1.71. The van der Waals surface area contributed by atoms with Gasteiger partial charge in [-0.15, -0.1) is 0 Å². The summed E-state index contributed by atoms with van der Waals surface area (Å²) in [6.07, 6.45) is -4.40. The minimum absolute atomic E-state index is 0.0327. The Bertz CT molecular complexity index is 732. The lowest BCUT2D eigenvalue weighted by atomic mass is 10.2. The molecule has 0 spiro atoms. The van der Waals surface area contributed by atoms with Gasteiger partial charge in [-0.1, -0.05) is 17.7 Å². The molecule has 0 aliphatic heterocycles. The van der Waals surface area contributed by atoms with Crippen molar-refractivity contribution in [2.45, 2.75) is 6.18 Å². The summed E-state index contributed by atoms with van der Waals surface area (Å²) in [6.45, 7) is 0. The zero-order chi connectivity index (χ0) is 17.0. The highest BCUT2D eigenvalue weighted by Crippen LogP contribution is 2.29. The van der Waals surface area contributed by atoms with Crippen LogP contribution >= 0.6 is 23.8 Å². The topological polar surface area (TPSA) is 41.1 Å². The molecule has 0 bridgehead atoms. The third-order valence-corrected chi connectivity index (χ3v) is 3.22. The molecule has 0 aromatic heterocycles. The van der Waals surface area contributed by atoms with Gasteiger partial charge in [-0.25, -0.2) is 0 Å². The van der Waals surface area contributed by atoms with E-state index < -0.39 is 17.6 Å². The maximum Gasteiger partial charge on any atom is 0.416 e. The van der Waals surface area contributed by atoms with Gasteiger partial charge < -0.3 is 5.32 Å². The number of carbonyl (C=O) groups is 1. The van der Waals surface area contributed by atoms with Crippen LogP contribution in [0.15, 0.2) is 48.5 Å². The summed E-state index contributed by atoms with van der Waals surface area (Å²) in [6, 6.07) is 10.6. The van der Waals surface area contributed by atoms with E-state index in [9.17, 15) is 18.0 Å². The van der Waals surface area contributed by atoms with E-state index in [1.165, 1.54) is 18.2 Å². The second-order valence-electron chi connectivity index (χ2n) is 4.49. The van der Waals surface area contributed by atoms with Crippen LogP contribution in [0.25, 0.3) is 0 Å². The highest BCUT2D eigenvalue weighted by Gasteiger charge is 2.29. The minimum atomic E-state index is -4.40. The molecule has 0 radical (unpaired) electrons. The highest BCUT2D eigenvalue weighted by molar-refractivity contribution is 7.80. The highest BCUT2D eigenvalue weighted by atomic mass is 35.5. The van der Waals surface area contributed by atoms with E-state index in [1.807, 2.05) is 0 Å². The Morgan fingerprint density at radius 2 is 1.74 bits per heavy atom. The van der Waals surface area contributed by atoms with Gasteiger partial charge in [-0.05, 0) is 54.7 Å². The van der Waals surface area contributed by atoms with Gasteiger partial charge >= 0.3 is 6.18 Å². The van der Waals surface area contributed by atoms with Gasteiger partial charge in [-0.2, -0.15) is 13.2 Å². The molecule has 2 aromatic carbocycles. The lowest BCUT2D eigenvalue weighted by Gasteiger charge is -2.11. The molecule has 0 heterocycles. The average Bonchev–Trinajstić information content (AvgIpc) is 2.46. The Balaban J connectivity index is 1.98. The second-order valence-corrected chi connectivity index (χ2v) is 5.34. The Labute approximate surface area is 140 Å². The van der Waals surface area contributed by atoms with Crippen LogP contribution in [0.1, 0.15) is 15.9 Å². The molecule has 3 nitrogen and oxygen atoms in total. The van der Waals surface area contributed by atoms with E-state index in [0.717, 1.165) is 12.1 Å². The van der Waals surface area contributed by atoms with Crippen molar-refractivity contribution in [2.24, 2.45) is 0 Å². The monoisotopic (exact) mass is 358 g/mol. The minimum Gasteiger partial charge on any atom is -0.332 e. The summed E-state index contributed by atoms with van der Waals surface area (Å²) in [7, 11) is 0. The number of carbonyl (C=O) groups excluding carboxylic acids is 1. The third kappa shape index (κ3) is 4.94. The fourth-order valence-corrected chi connectivity index (χ4v) is 2.11. The van der Waals surface area contributed by atoms with E-state index >= 15 is 0 Å². The first-order valence-electron chi connectivity index (χ1n) is 6.31. The van der Waals surface area contributed by atoms with Crippen LogP contribution in [0.3, 0.4) is 0 Å². The first-order valence-corrected chi connectivity index (χ1v) is 7.09. The number of hydrogen-bond acceptors (Lipinski definition) is 2. The van der Waals surface area contributed by atoms with Gasteiger partial charge in [0.1, 0.15) is 0 Å². The summed E-state index contributed by atoms with van der Waals surface area (Å²) < 4.78 is 37.4. The number of rotatable bonds is 2. The van der Waals surface area contributed by atoms with Gasteiger partial charge in [0.2, 0.25) is 0 Å². The first kappa shape index (κ1) is 17.2. The molecule has 0 unspecified atom stereocenters. The lowest BCUT2D eigenvalue weighted by Crippen LogP contribution is -2.34. The van der Waals surface area contributed by atoms with Crippen molar-refractivity contribution < 1.29 is 18.0 Å². The molecule has 2 rings (SSSR count). The normalized spacial score (nSPS) is 11.0. The average molecular weight is 359 g/mol. The summed E-state index contributed by atoms with van der Waals surface area (Å²) in [5.41, 5.74) is -0.125. The number of hydrogen-bond donors (Lipinski definition) is 2. The number of benzene rings is 2. The Morgan fingerprint density at radius 3 is 2.30 bits per heavy atom. The molecule has 0 fully saturated rings. The Hall–Kier alpha value is -2.12. The molecular formula is C15H10ClF3N2OS. The van der Waals surface area contributed by atoms with Gasteiger partial charge in [0.25, 0.3) is 5.91 Å². The van der Waals surface area contributed by atoms with Crippen LogP contribution in [0.4, 0.5) is 18.9 Å². The number of thiocarbonyl (C=S) groups is 1. The zero-order valence-corrected chi connectivity index (χ0v) is 13.0. The molecule has 120 valence electrons. The maximum absolute atomic E-state index is 12.5. The molecule has 8 heteroatoms. The van der Waals surface area contributed by atoms with Gasteiger partial charge in [0, 0.05) is 16.3 Å². The molecule has 23 heavy (non-hydrogen) atoms. The number of amides is 1. The van der Waals surface area contributed by atoms with Crippen LogP contribution < -0.4 is 10.6 Å². The molecule has 2 aromatic rings. The number of halogens is 4. The van der Waals surface area contributed by atoms with Crippen molar-refractivity contribution >= 4 is 40.5 Å². The third-order valence-electron chi connectivity index (χ3n) is 2.78. The molecule has 0 atom stereocenters. The van der Waals surface area contributed by atoms with Crippen molar-refractivity contribution in [3.8, 4) is 0 Å². The zero-order valence-electron chi connectivity index (χ0n) is 11.4. The van der Waals surface area contributed by atoms with E-state index in [1.54, 1.807) is 18.2 Å². The van der Waals surface area contributed by atoms with Crippen LogP contribution in [-0.4, -0.2) is 11.0 Å². The maximum atomic E-state index is 12.5. The Kier molecular flexibility index (Phi) is 5.23. The van der Waals surface area contributed by atoms with Crippen LogP contribution in [0, 0.1) is 0 Å². The van der Waals surface area contributed by atoms with Gasteiger partial charge in [0.15, 0.2) is 5.11 Å². The van der Waals surface area contributed by atoms with E-state index in [4.69, 9.17) is 23.8 Å². The van der Waals surface area contributed by atoms with Crippen LogP contribution in [-0.2, 0) is 6.18 Å². The van der Waals surface area contributed by atoms with Crippen molar-refractivity contribution in [1.29, 1.82) is 0 Å². The fraction of sp³-hybridized carbons (Fsp3) is 0.0667. The van der Waals surface area contributed by atoms with Crippen LogP contribution in [0.2, 0.25) is 5.02 Å². The van der Waals surface area contributed by atoms with E-state index in [2.05, 4.69) is 10.6 Å². The molecular weight excluding hydrogens is 349 g/mol. The molecule has 1 amide bonds. The summed E-state index contributed by atoms with van der Waals surface area (Å²) in [4.78, 5) is 11.9. The van der Waals surface area contributed by atoms with E-state index in [0.29, 0.717) is 16.3 Å². The first-order chi connectivity index (χ1) is 10.8. The van der Waals surface area contributed by atoms with Gasteiger partial charge in [0.05, 0.1) is 5.56 Å². The number of anilines is 1. The van der Waals surface area contributed by atoms with Crippen molar-refractivity contribution in [2.75, 3.05) is 5.32 Å². The standard InChI is InChI=1S/C15H10ClF3N2OS/c16-11-3-1-2-9(8-11)13(22)21-14(23)20-12-6-4-10(5-7-12)15(17,18)19/h1-8H,(H2,20,21,22,23). The summed E-state index contributed by atoms with van der Waals surface area (Å²) >= 11 is 10.7. The number of alkyl halides is 3. The summed E-state index contributed by atoms with van der Waals surface area (Å²) in [5.74, 6) is -0.475. The van der Waals surface area contributed by atoms with Gasteiger partial charge in [-0.3, -0.25) is 10.1 Å².